The predicted molar refractivity (Wildman–Crippen MR) is 434 cm³/mol. The molecule has 1 aliphatic rings. The van der Waals surface area contributed by atoms with E-state index in [-0.39, 0.29) is 30.1 Å². The number of hydrogen-bond acceptors (Lipinski definition) is 2. The summed E-state index contributed by atoms with van der Waals surface area (Å²) < 4.78 is 9.62. The maximum absolute atomic E-state index is 12.3. The summed E-state index contributed by atoms with van der Waals surface area (Å²) >= 11 is 31.8. The van der Waals surface area contributed by atoms with Crippen molar-refractivity contribution in [2.24, 2.45) is 0 Å². The van der Waals surface area contributed by atoms with E-state index >= 15 is 0 Å². The van der Waals surface area contributed by atoms with Gasteiger partial charge in [-0.1, -0.05) is 333 Å². The van der Waals surface area contributed by atoms with Gasteiger partial charge in [-0.05, 0) is 226 Å². The molecule has 0 heterocycles. The molecule has 486 valence electrons. The monoisotopic (exact) mass is 1840 g/mol. The minimum atomic E-state index is -1.26. The van der Waals surface area contributed by atoms with Gasteiger partial charge in [-0.25, -0.2) is 0 Å². The fourth-order valence-corrected chi connectivity index (χ4v) is 14.8. The minimum absolute atomic E-state index is 0. The summed E-state index contributed by atoms with van der Waals surface area (Å²) in [5.74, 6) is 0.0417. The van der Waals surface area contributed by atoms with Gasteiger partial charge in [0.1, 0.15) is 5.60 Å². The quantitative estimate of drug-likeness (QED) is 0.0510. The van der Waals surface area contributed by atoms with Gasteiger partial charge in [-0.2, -0.15) is 6.42 Å². The molecule has 12 aromatic rings. The van der Waals surface area contributed by atoms with Crippen LogP contribution >= 0.6 is 143 Å². The van der Waals surface area contributed by atoms with Crippen molar-refractivity contribution in [2.45, 2.75) is 69.3 Å². The van der Waals surface area contributed by atoms with E-state index in [1.54, 1.807) is 0 Å². The van der Waals surface area contributed by atoms with E-state index in [1.807, 2.05) is 133 Å². The third-order valence-electron chi connectivity index (χ3n) is 16.8. The van der Waals surface area contributed by atoms with Crippen LogP contribution in [0.15, 0.2) is 331 Å². The van der Waals surface area contributed by atoms with Crippen LogP contribution in [0.2, 0.25) is 0 Å². The molecule has 0 aromatic heterocycles. The molecule has 13 rings (SSSR count). The second kappa shape index (κ2) is 38.8. The standard InChI is InChI=1S/C27H21Br3O.C27H20Br2.C14H12Br2.C13H8Br2O.C4H9.Li/c28-23-15-11-21(12-16-23)27(31,22-13-17-24(29)18-14-22)25-7-3-1-5-19(25)9-10-20-6-2-4-8-26(20)30;28-23-15-11-21(12-16-23)27(22-13-17-24(29)18-14-22)25-7-3-1-5-19(25)9-10-20-6-2-4-8-26(20)27;15-13-7-3-1-5-11(13)9-10-12-6-2-4-8-14(12)16;14-11-5-1-9(2-6-11)13(16)10-3-7-12(15)8-4-10;1-3-4-2;/h1-8,11-18,31H,9-10H2;1-8,11-18H,9-10H2;1-8H,9-10H2;1-8H;1,3-4H2,2H3;/q;;;;-1;+1. The molecule has 0 saturated heterocycles. The molecule has 0 spiro atoms. The van der Waals surface area contributed by atoms with E-state index < -0.39 is 5.60 Å². The zero-order chi connectivity index (χ0) is 68.0. The molecule has 0 unspecified atom stereocenters. The van der Waals surface area contributed by atoms with Crippen molar-refractivity contribution in [2.75, 3.05) is 0 Å². The summed E-state index contributed by atoms with van der Waals surface area (Å²) in [5, 5.41) is 12.3. The van der Waals surface area contributed by atoms with E-state index in [2.05, 4.69) is 315 Å². The molecule has 97 heavy (non-hydrogen) atoms. The Hall–Kier alpha value is -4.81. The van der Waals surface area contributed by atoms with Crippen LogP contribution in [0, 0.1) is 6.92 Å². The normalized spacial score (nSPS) is 11.7. The first-order chi connectivity index (χ1) is 46.5. The largest absolute Gasteiger partial charge is 1.00 e. The molecule has 0 amide bonds. The number of unbranched alkanes of at least 4 members (excludes halogenated alkanes) is 1. The van der Waals surface area contributed by atoms with Gasteiger partial charge in [0.05, 0.1) is 5.41 Å². The average Bonchev–Trinajstić information content (AvgIpc) is 1.28. The molecule has 0 bridgehead atoms. The van der Waals surface area contributed by atoms with Crippen molar-refractivity contribution >= 4 is 149 Å². The fraction of sp³-hybridized carbons (Fsp3) is 0.129. The van der Waals surface area contributed by atoms with Crippen LogP contribution in [0.3, 0.4) is 0 Å². The minimum Gasteiger partial charge on any atom is -0.376 e. The zero-order valence-corrected chi connectivity index (χ0v) is 68.1. The van der Waals surface area contributed by atoms with Gasteiger partial charge in [0.15, 0.2) is 5.78 Å². The van der Waals surface area contributed by atoms with Crippen LogP contribution in [0.25, 0.3) is 0 Å². The molecule has 12 heteroatoms. The predicted octanol–water partition coefficient (Wildman–Crippen LogP) is 23.8. The van der Waals surface area contributed by atoms with E-state index in [0.717, 1.165) is 98.5 Å². The number of halogens is 9. The van der Waals surface area contributed by atoms with Crippen LogP contribution in [0.5, 0.6) is 0 Å². The summed E-state index contributed by atoms with van der Waals surface area (Å²) in [5.41, 5.74) is 15.7. The van der Waals surface area contributed by atoms with Crippen LogP contribution in [-0.4, -0.2) is 10.9 Å². The molecule has 0 atom stereocenters. The molecule has 0 radical (unpaired) electrons. The van der Waals surface area contributed by atoms with Crippen molar-refractivity contribution in [3.63, 3.8) is 0 Å². The Morgan fingerprint density at radius 3 is 0.969 bits per heavy atom. The number of aryl methyl sites for hydroxylation is 6. The Morgan fingerprint density at radius 1 is 0.371 bits per heavy atom. The Labute approximate surface area is 661 Å². The van der Waals surface area contributed by atoms with Crippen LogP contribution in [0.1, 0.15) is 108 Å². The first-order valence-electron chi connectivity index (χ1n) is 31.6. The number of carbonyl (C=O) groups is 1. The van der Waals surface area contributed by atoms with Crippen molar-refractivity contribution in [1.82, 2.24) is 0 Å². The van der Waals surface area contributed by atoms with Gasteiger partial charge in [-0.3, -0.25) is 4.79 Å². The maximum atomic E-state index is 12.3. The molecule has 2 nitrogen and oxygen atoms in total. The number of ketones is 1. The van der Waals surface area contributed by atoms with Crippen molar-refractivity contribution in [3.8, 4) is 0 Å². The first-order valence-corrected chi connectivity index (χ1v) is 38.7. The zero-order valence-electron chi connectivity index (χ0n) is 53.8. The fourth-order valence-electron chi connectivity index (χ4n) is 11.8. The van der Waals surface area contributed by atoms with Gasteiger partial charge in [0.2, 0.25) is 0 Å². The third kappa shape index (κ3) is 20.7. The molecule has 12 aromatic carbocycles. The Morgan fingerprint density at radius 2 is 0.639 bits per heavy atom. The number of carbonyl (C=O) groups excluding carboxylic acids is 1. The summed E-state index contributed by atoms with van der Waals surface area (Å²) in [6, 6.07) is 99.5. The number of rotatable bonds is 14. The summed E-state index contributed by atoms with van der Waals surface area (Å²) in [7, 11) is 0. The third-order valence-corrected chi connectivity index (χ3v) is 22.3. The number of benzene rings is 12. The molecular weight excluding hydrogens is 1780 g/mol. The maximum Gasteiger partial charge on any atom is 1.00 e. The van der Waals surface area contributed by atoms with Gasteiger partial charge in [0.25, 0.3) is 0 Å². The van der Waals surface area contributed by atoms with Gasteiger partial charge in [-0.15, -0.1) is 0 Å². The summed E-state index contributed by atoms with van der Waals surface area (Å²) in [4.78, 5) is 12.0. The van der Waals surface area contributed by atoms with Crippen LogP contribution < -0.4 is 18.9 Å². The SMILES string of the molecule is Brc1ccc(C2(c3ccc(Br)cc3)c3ccccc3CCc3ccccc32)cc1.Brc1ccccc1CCc1ccccc1Br.O=C(c1ccc(Br)cc1)c1ccc(Br)cc1.OC(c1ccc(Br)cc1)(c1ccc(Br)cc1)c1ccccc1CCc1ccccc1Br.[CH2-]CCC.[Li+]. The first kappa shape index (κ1) is 77.9. The Balaban J connectivity index is 0.000000168. The summed E-state index contributed by atoms with van der Waals surface area (Å²) in [6.07, 6.45) is 8.22. The number of aliphatic hydroxyl groups is 1. The molecule has 1 N–H and O–H groups in total. The van der Waals surface area contributed by atoms with Crippen LogP contribution in [0.4, 0.5) is 0 Å². The van der Waals surface area contributed by atoms with E-state index in [9.17, 15) is 9.90 Å². The second-order valence-electron chi connectivity index (χ2n) is 22.9. The second-order valence-corrected chi connectivity index (χ2v) is 31.0. The van der Waals surface area contributed by atoms with Gasteiger partial charge < -0.3 is 12.0 Å². The smallest absolute Gasteiger partial charge is 0.376 e. The number of hydrogen-bond donors (Lipinski definition) is 1. The van der Waals surface area contributed by atoms with E-state index in [4.69, 9.17) is 0 Å². The van der Waals surface area contributed by atoms with E-state index in [1.165, 1.54) is 65.4 Å². The Bertz CT molecular complexity index is 4210. The average molecular weight is 1850 g/mol. The molecule has 1 aliphatic carbocycles. The van der Waals surface area contributed by atoms with Crippen molar-refractivity contribution in [3.05, 3.63) is 422 Å². The van der Waals surface area contributed by atoms with Crippen molar-refractivity contribution < 1.29 is 28.8 Å². The van der Waals surface area contributed by atoms with Crippen molar-refractivity contribution in [1.29, 1.82) is 0 Å². The topological polar surface area (TPSA) is 37.3 Å². The van der Waals surface area contributed by atoms with Crippen LogP contribution in [-0.2, 0) is 49.5 Å². The molecule has 0 saturated carbocycles. The molecular formula is C85H70Br9LiO2. The van der Waals surface area contributed by atoms with Gasteiger partial charge in [0, 0.05) is 51.4 Å². The number of fused-ring (bicyclic) bond motifs is 2. The Kier molecular flexibility index (Phi) is 31.2. The molecule has 0 fully saturated rings. The summed E-state index contributed by atoms with van der Waals surface area (Å²) in [6.45, 7) is 5.72. The van der Waals surface area contributed by atoms with E-state index in [0.29, 0.717) is 11.1 Å². The molecule has 0 aliphatic heterocycles. The van der Waals surface area contributed by atoms with Gasteiger partial charge >= 0.3 is 18.9 Å².